The summed E-state index contributed by atoms with van der Waals surface area (Å²) in [4.78, 5) is 0. The Hall–Kier alpha value is -1.06. The first kappa shape index (κ1) is 11.0. The Balaban J connectivity index is 3.00. The highest BCUT2D eigenvalue weighted by Gasteiger charge is 2.08. The minimum absolute atomic E-state index is 0.0991. The van der Waals surface area contributed by atoms with Gasteiger partial charge in [-0.05, 0) is 37.0 Å². The number of aliphatic hydroxyl groups is 1. The van der Waals surface area contributed by atoms with Gasteiger partial charge < -0.3 is 16.6 Å². The van der Waals surface area contributed by atoms with Gasteiger partial charge in [-0.1, -0.05) is 12.1 Å². The van der Waals surface area contributed by atoms with Gasteiger partial charge in [-0.25, -0.2) is 0 Å². The fraction of sp³-hybridized carbons (Fsp3) is 0.455. The second kappa shape index (κ2) is 4.44. The first-order chi connectivity index (χ1) is 6.56. The van der Waals surface area contributed by atoms with Crippen LogP contribution in [0.15, 0.2) is 12.1 Å². The maximum Gasteiger partial charge on any atom is 0.0449 e. The van der Waals surface area contributed by atoms with E-state index in [-0.39, 0.29) is 12.6 Å². The van der Waals surface area contributed by atoms with E-state index in [2.05, 4.69) is 0 Å². The normalized spacial score (nSPS) is 12.9. The molecule has 14 heavy (non-hydrogen) atoms. The summed E-state index contributed by atoms with van der Waals surface area (Å²) >= 11 is 0. The van der Waals surface area contributed by atoms with Crippen LogP contribution in [0.25, 0.3) is 0 Å². The van der Waals surface area contributed by atoms with Crippen LogP contribution in [0.3, 0.4) is 0 Å². The van der Waals surface area contributed by atoms with Crippen molar-refractivity contribution >= 4 is 5.69 Å². The lowest BCUT2D eigenvalue weighted by Gasteiger charge is -2.14. The molecule has 0 radical (unpaired) electrons. The molecule has 0 saturated carbocycles. The van der Waals surface area contributed by atoms with E-state index in [9.17, 15) is 0 Å². The quantitative estimate of drug-likeness (QED) is 0.634. The van der Waals surface area contributed by atoms with Gasteiger partial charge in [-0.3, -0.25) is 0 Å². The summed E-state index contributed by atoms with van der Waals surface area (Å²) in [6, 6.07) is 3.88. The third kappa shape index (κ3) is 2.25. The lowest BCUT2D eigenvalue weighted by molar-refractivity contribution is 0.276. The first-order valence-electron chi connectivity index (χ1n) is 4.79. The number of aryl methyl sites for hydroxylation is 2. The van der Waals surface area contributed by atoms with Gasteiger partial charge in [0.2, 0.25) is 0 Å². The Bertz CT molecular complexity index is 300. The van der Waals surface area contributed by atoms with Gasteiger partial charge in [0.05, 0.1) is 0 Å². The van der Waals surface area contributed by atoms with Crippen molar-refractivity contribution in [2.24, 2.45) is 5.73 Å². The van der Waals surface area contributed by atoms with Crippen LogP contribution in [0.1, 0.15) is 29.2 Å². The van der Waals surface area contributed by atoms with E-state index in [0.717, 1.165) is 22.4 Å². The van der Waals surface area contributed by atoms with Crippen molar-refractivity contribution in [3.05, 3.63) is 28.8 Å². The Kier molecular flexibility index (Phi) is 3.49. The first-order valence-corrected chi connectivity index (χ1v) is 4.79. The summed E-state index contributed by atoms with van der Waals surface area (Å²) in [5.41, 5.74) is 15.7. The molecule has 1 unspecified atom stereocenters. The monoisotopic (exact) mass is 194 g/mol. The predicted octanol–water partition coefficient (Wildman–Crippen LogP) is 1.27. The summed E-state index contributed by atoms with van der Waals surface area (Å²) in [6.07, 6.45) is 0.586. The van der Waals surface area contributed by atoms with Gasteiger partial charge in [0.25, 0.3) is 0 Å². The molecule has 1 aromatic carbocycles. The third-order valence-electron chi connectivity index (χ3n) is 2.48. The molecule has 0 aliphatic carbocycles. The minimum atomic E-state index is -0.0991. The van der Waals surface area contributed by atoms with Crippen LogP contribution < -0.4 is 11.5 Å². The minimum Gasteiger partial charge on any atom is -0.398 e. The zero-order valence-electron chi connectivity index (χ0n) is 8.75. The van der Waals surface area contributed by atoms with Gasteiger partial charge in [-0.15, -0.1) is 0 Å². The summed E-state index contributed by atoms with van der Waals surface area (Å²) in [6.45, 7) is 4.05. The van der Waals surface area contributed by atoms with Gasteiger partial charge in [0.1, 0.15) is 0 Å². The highest BCUT2D eigenvalue weighted by molar-refractivity contribution is 5.54. The van der Waals surface area contributed by atoms with Crippen molar-refractivity contribution in [1.82, 2.24) is 0 Å². The number of anilines is 1. The molecule has 0 bridgehead atoms. The number of nitrogens with two attached hydrogens (primary N) is 2. The molecule has 0 aromatic heterocycles. The predicted molar refractivity (Wildman–Crippen MR) is 59.0 cm³/mol. The smallest absolute Gasteiger partial charge is 0.0449 e. The Labute approximate surface area is 84.7 Å². The maximum atomic E-state index is 8.79. The van der Waals surface area contributed by atoms with E-state index in [4.69, 9.17) is 16.6 Å². The number of rotatable bonds is 3. The second-order valence-electron chi connectivity index (χ2n) is 3.69. The lowest BCUT2D eigenvalue weighted by Crippen LogP contribution is -2.12. The molecular weight excluding hydrogens is 176 g/mol. The van der Waals surface area contributed by atoms with Crippen molar-refractivity contribution in [1.29, 1.82) is 0 Å². The average molecular weight is 194 g/mol. The van der Waals surface area contributed by atoms with E-state index in [1.54, 1.807) is 0 Å². The van der Waals surface area contributed by atoms with Crippen LogP contribution in [-0.2, 0) is 0 Å². The van der Waals surface area contributed by atoms with Gasteiger partial charge in [0, 0.05) is 18.3 Å². The van der Waals surface area contributed by atoms with Crippen molar-refractivity contribution in [3.63, 3.8) is 0 Å². The fourth-order valence-electron chi connectivity index (χ4n) is 1.53. The maximum absolute atomic E-state index is 8.79. The molecule has 0 aliphatic heterocycles. The van der Waals surface area contributed by atoms with Gasteiger partial charge >= 0.3 is 0 Å². The van der Waals surface area contributed by atoms with Crippen molar-refractivity contribution in [2.45, 2.75) is 26.3 Å². The van der Waals surface area contributed by atoms with Crippen LogP contribution in [0.4, 0.5) is 5.69 Å². The molecule has 0 amide bonds. The average Bonchev–Trinajstić information content (AvgIpc) is 2.13. The molecule has 1 atom stereocenters. The molecule has 0 spiro atoms. The Morgan fingerprint density at radius 3 is 2.21 bits per heavy atom. The third-order valence-corrected chi connectivity index (χ3v) is 2.48. The summed E-state index contributed by atoms with van der Waals surface area (Å²) in [7, 11) is 0. The number of aliphatic hydroxyl groups excluding tert-OH is 1. The number of nitrogen functional groups attached to an aromatic ring is 1. The van der Waals surface area contributed by atoms with Crippen LogP contribution in [0.2, 0.25) is 0 Å². The Morgan fingerprint density at radius 1 is 1.29 bits per heavy atom. The Morgan fingerprint density at radius 2 is 1.79 bits per heavy atom. The molecule has 0 aliphatic rings. The zero-order chi connectivity index (χ0) is 10.7. The van der Waals surface area contributed by atoms with Crippen LogP contribution in [-0.4, -0.2) is 11.7 Å². The lowest BCUT2D eigenvalue weighted by atomic mass is 9.98. The molecule has 0 fully saturated rings. The molecule has 78 valence electrons. The standard InChI is InChI=1S/C11H18N2O/c1-7-5-9(10(12)3-4-14)6-8(2)11(7)13/h5-6,10,14H,3-4,12-13H2,1-2H3. The molecule has 3 nitrogen and oxygen atoms in total. The molecule has 1 rings (SSSR count). The molecule has 3 heteroatoms. The number of hydrogen-bond donors (Lipinski definition) is 3. The van der Waals surface area contributed by atoms with E-state index in [1.807, 2.05) is 26.0 Å². The van der Waals surface area contributed by atoms with Crippen molar-refractivity contribution in [2.75, 3.05) is 12.3 Å². The largest absolute Gasteiger partial charge is 0.398 e. The SMILES string of the molecule is Cc1cc(C(N)CCO)cc(C)c1N. The van der Waals surface area contributed by atoms with E-state index in [0.29, 0.717) is 6.42 Å². The van der Waals surface area contributed by atoms with Gasteiger partial charge in [0.15, 0.2) is 0 Å². The topological polar surface area (TPSA) is 72.3 Å². The highest BCUT2D eigenvalue weighted by Crippen LogP contribution is 2.23. The number of hydrogen-bond acceptors (Lipinski definition) is 3. The summed E-state index contributed by atoms with van der Waals surface area (Å²) < 4.78 is 0. The molecule has 5 N–H and O–H groups in total. The highest BCUT2D eigenvalue weighted by atomic mass is 16.3. The van der Waals surface area contributed by atoms with Crippen LogP contribution in [0, 0.1) is 13.8 Å². The molecule has 0 saturated heterocycles. The molecule has 0 heterocycles. The van der Waals surface area contributed by atoms with E-state index in [1.165, 1.54) is 0 Å². The fourth-order valence-corrected chi connectivity index (χ4v) is 1.53. The van der Waals surface area contributed by atoms with Crippen molar-refractivity contribution in [3.8, 4) is 0 Å². The number of benzene rings is 1. The van der Waals surface area contributed by atoms with Crippen LogP contribution >= 0.6 is 0 Å². The zero-order valence-corrected chi connectivity index (χ0v) is 8.75. The molecule has 1 aromatic rings. The van der Waals surface area contributed by atoms with Crippen LogP contribution in [0.5, 0.6) is 0 Å². The van der Waals surface area contributed by atoms with Gasteiger partial charge in [-0.2, -0.15) is 0 Å². The summed E-state index contributed by atoms with van der Waals surface area (Å²) in [5, 5.41) is 8.79. The van der Waals surface area contributed by atoms with Crippen molar-refractivity contribution < 1.29 is 5.11 Å². The second-order valence-corrected chi connectivity index (χ2v) is 3.69. The van der Waals surface area contributed by atoms with E-state index < -0.39 is 0 Å². The van der Waals surface area contributed by atoms with E-state index >= 15 is 0 Å². The molecular formula is C11H18N2O. The summed E-state index contributed by atoms with van der Waals surface area (Å²) in [5.74, 6) is 0.